The lowest BCUT2D eigenvalue weighted by atomic mass is 9.70. The molecule has 0 saturated heterocycles. The molecule has 0 unspecified atom stereocenters. The van der Waals surface area contributed by atoms with Crippen LogP contribution in [-0.4, -0.2) is 0 Å². The number of fused-ring (bicyclic) bond motifs is 20. The largest absolute Gasteiger partial charge is 0.309 e. The molecule has 0 aromatic heterocycles. The van der Waals surface area contributed by atoms with Crippen molar-refractivity contribution in [1.82, 2.24) is 0 Å². The molecule has 0 N–H and O–H groups in total. The van der Waals surface area contributed by atoms with Crippen LogP contribution in [0.4, 0.5) is 0 Å². The average Bonchev–Trinajstić information content (AvgIpc) is 3.97. The van der Waals surface area contributed by atoms with Gasteiger partial charge in [-0.2, -0.15) is 0 Å². The van der Waals surface area contributed by atoms with Gasteiger partial charge < -0.3 is 4.57 Å². The molecule has 4 aliphatic carbocycles. The Labute approximate surface area is 351 Å². The summed E-state index contributed by atoms with van der Waals surface area (Å²) >= 11 is 0. The first-order valence-corrected chi connectivity index (χ1v) is 22.7. The molecule has 9 aromatic rings. The fourth-order valence-corrected chi connectivity index (χ4v) is 14.6. The number of hydrogen-bond donors (Lipinski definition) is 0. The fraction of sp³-hybridized carbons (Fsp3) is 0.0690. The Morgan fingerprint density at radius 1 is 0.283 bits per heavy atom. The van der Waals surface area contributed by atoms with E-state index in [1.165, 1.54) is 100 Å². The van der Waals surface area contributed by atoms with Crippen molar-refractivity contribution < 1.29 is 4.57 Å². The minimum absolute atomic E-state index is 0.542. The summed E-state index contributed by atoms with van der Waals surface area (Å²) < 4.78 is 17.1. The second-order valence-corrected chi connectivity index (χ2v) is 20.0. The molecule has 0 bridgehead atoms. The molecule has 4 aliphatic rings. The second kappa shape index (κ2) is 11.9. The molecule has 0 heterocycles. The third-order valence-electron chi connectivity index (χ3n) is 14.3. The predicted octanol–water partition coefficient (Wildman–Crippen LogP) is 12.6. The van der Waals surface area contributed by atoms with E-state index in [9.17, 15) is 0 Å². The fourth-order valence-electron chi connectivity index (χ4n) is 12.0. The van der Waals surface area contributed by atoms with Gasteiger partial charge in [-0.25, -0.2) is 0 Å². The highest BCUT2D eigenvalue weighted by molar-refractivity contribution is 7.85. The molecule has 0 amide bonds. The second-order valence-electron chi connectivity index (χ2n) is 17.2. The average molecular weight is 783 g/mol. The molecule has 60 heavy (non-hydrogen) atoms. The van der Waals surface area contributed by atoms with Gasteiger partial charge in [0.25, 0.3) is 0 Å². The Hall–Kier alpha value is -6.79. The molecular formula is C58H39OP. The van der Waals surface area contributed by atoms with Crippen LogP contribution in [0.25, 0.3) is 44.5 Å². The molecule has 1 nitrogen and oxygen atoms in total. The number of rotatable bonds is 3. The van der Waals surface area contributed by atoms with Gasteiger partial charge in [0.15, 0.2) is 7.14 Å². The summed E-state index contributed by atoms with van der Waals surface area (Å²) in [5.41, 5.74) is 21.5. The van der Waals surface area contributed by atoms with Gasteiger partial charge in [0.2, 0.25) is 0 Å². The van der Waals surface area contributed by atoms with E-state index in [2.05, 4.69) is 196 Å². The summed E-state index contributed by atoms with van der Waals surface area (Å²) in [5, 5.41) is 2.54. The van der Waals surface area contributed by atoms with Crippen LogP contribution in [0.3, 0.4) is 0 Å². The molecule has 0 fully saturated rings. The predicted molar refractivity (Wildman–Crippen MR) is 248 cm³/mol. The summed E-state index contributed by atoms with van der Waals surface area (Å²) in [4.78, 5) is 0. The maximum absolute atomic E-state index is 17.1. The Balaban J connectivity index is 1.11. The van der Waals surface area contributed by atoms with Gasteiger partial charge in [-0.05, 0) is 115 Å². The van der Waals surface area contributed by atoms with Gasteiger partial charge in [0.1, 0.15) is 0 Å². The van der Waals surface area contributed by atoms with E-state index >= 15 is 4.57 Å². The van der Waals surface area contributed by atoms with E-state index in [4.69, 9.17) is 0 Å². The van der Waals surface area contributed by atoms with Crippen LogP contribution in [0.5, 0.6) is 0 Å². The van der Waals surface area contributed by atoms with Crippen molar-refractivity contribution in [3.05, 3.63) is 256 Å². The van der Waals surface area contributed by atoms with Gasteiger partial charge in [-0.3, -0.25) is 0 Å². The normalized spacial score (nSPS) is 14.8. The van der Waals surface area contributed by atoms with Crippen LogP contribution in [0.15, 0.2) is 200 Å². The van der Waals surface area contributed by atoms with Crippen LogP contribution in [0, 0.1) is 13.8 Å². The number of aryl methyl sites for hydroxylation is 2. The molecule has 282 valence electrons. The number of hydrogen-bond acceptors (Lipinski definition) is 1. The first kappa shape index (κ1) is 34.1. The van der Waals surface area contributed by atoms with E-state index in [0.717, 1.165) is 15.9 Å². The van der Waals surface area contributed by atoms with Gasteiger partial charge in [0.05, 0.1) is 10.8 Å². The lowest BCUT2D eigenvalue weighted by molar-refractivity contribution is 0.592. The maximum Gasteiger partial charge on any atom is 0.171 e. The molecule has 0 radical (unpaired) electrons. The zero-order chi connectivity index (χ0) is 40.0. The van der Waals surface area contributed by atoms with Crippen molar-refractivity contribution in [1.29, 1.82) is 0 Å². The van der Waals surface area contributed by atoms with Crippen molar-refractivity contribution in [2.45, 2.75) is 24.7 Å². The minimum atomic E-state index is -3.50. The topological polar surface area (TPSA) is 17.1 Å². The summed E-state index contributed by atoms with van der Waals surface area (Å²) in [5.74, 6) is 0. The van der Waals surface area contributed by atoms with Gasteiger partial charge >= 0.3 is 0 Å². The van der Waals surface area contributed by atoms with E-state index in [0.29, 0.717) is 0 Å². The molecular weight excluding hydrogens is 744 g/mol. The van der Waals surface area contributed by atoms with E-state index < -0.39 is 18.0 Å². The van der Waals surface area contributed by atoms with Crippen molar-refractivity contribution >= 4 is 23.1 Å². The van der Waals surface area contributed by atoms with Crippen LogP contribution in [0.2, 0.25) is 0 Å². The molecule has 0 saturated carbocycles. The van der Waals surface area contributed by atoms with E-state index in [-0.39, 0.29) is 0 Å². The highest BCUT2D eigenvalue weighted by atomic mass is 31.2. The molecule has 0 aliphatic heterocycles. The standard InChI is InChI=1S/C58H39OP/c1-36-24-28-45-47-30-26-39(34-55(47)57(53(45)32-36)49-20-10-6-16-41(49)42-17-7-11-21-50(42)57)60(59,38-14-4-3-5-15-38)40-27-31-48-46-29-25-37(2)33-54(46)58(56(48)35-40)51-22-12-8-18-43(51)44-19-9-13-23-52(44)58/h3-35H,1-2H3. The Morgan fingerprint density at radius 3 is 0.967 bits per heavy atom. The van der Waals surface area contributed by atoms with Crippen molar-refractivity contribution in [2.75, 3.05) is 0 Å². The Morgan fingerprint density at radius 2 is 0.583 bits per heavy atom. The van der Waals surface area contributed by atoms with Crippen LogP contribution >= 0.6 is 7.14 Å². The first-order valence-electron chi connectivity index (χ1n) is 21.0. The van der Waals surface area contributed by atoms with E-state index in [1.807, 2.05) is 18.2 Å². The number of benzene rings is 9. The Bertz CT molecular complexity index is 3090. The highest BCUT2D eigenvalue weighted by Crippen LogP contribution is 2.65. The summed E-state index contributed by atoms with van der Waals surface area (Å²) in [6, 6.07) is 73.3. The molecule has 9 aromatic carbocycles. The molecule has 0 atom stereocenters. The van der Waals surface area contributed by atoms with Crippen LogP contribution < -0.4 is 15.9 Å². The SMILES string of the molecule is Cc1ccc2c(c1)C1(c3ccccc3-c3ccccc31)c1cc(P(=O)(c3ccccc3)c3ccc4c(c3)C3(c5ccccc5-c5ccccc53)c3cc(C)ccc3-4)ccc1-2. The highest BCUT2D eigenvalue weighted by Gasteiger charge is 2.54. The van der Waals surface area contributed by atoms with Gasteiger partial charge in [-0.15, -0.1) is 0 Å². The van der Waals surface area contributed by atoms with Crippen molar-refractivity contribution in [2.24, 2.45) is 0 Å². The third kappa shape index (κ3) is 4.02. The lowest BCUT2D eigenvalue weighted by Gasteiger charge is -2.32. The van der Waals surface area contributed by atoms with Crippen LogP contribution in [0.1, 0.15) is 55.6 Å². The third-order valence-corrected chi connectivity index (χ3v) is 17.3. The maximum atomic E-state index is 17.1. The first-order chi connectivity index (χ1) is 29.4. The van der Waals surface area contributed by atoms with Crippen LogP contribution in [-0.2, 0) is 15.4 Å². The Kier molecular flexibility index (Phi) is 6.77. The lowest BCUT2D eigenvalue weighted by Crippen LogP contribution is -2.31. The quantitative estimate of drug-likeness (QED) is 0.163. The minimum Gasteiger partial charge on any atom is -0.309 e. The zero-order valence-electron chi connectivity index (χ0n) is 33.4. The monoisotopic (exact) mass is 782 g/mol. The van der Waals surface area contributed by atoms with Crippen molar-refractivity contribution in [3.8, 4) is 44.5 Å². The summed E-state index contributed by atoms with van der Waals surface area (Å²) in [6.45, 7) is 4.39. The van der Waals surface area contributed by atoms with Gasteiger partial charge in [0, 0.05) is 15.9 Å². The van der Waals surface area contributed by atoms with Crippen molar-refractivity contribution in [3.63, 3.8) is 0 Å². The van der Waals surface area contributed by atoms with E-state index in [1.54, 1.807) is 0 Å². The smallest absolute Gasteiger partial charge is 0.171 e. The zero-order valence-corrected chi connectivity index (χ0v) is 34.3. The molecule has 2 spiro atoms. The van der Waals surface area contributed by atoms with Gasteiger partial charge in [-0.1, -0.05) is 199 Å². The molecule has 13 rings (SSSR count). The summed E-state index contributed by atoms with van der Waals surface area (Å²) in [7, 11) is -3.50. The molecule has 2 heteroatoms. The summed E-state index contributed by atoms with van der Waals surface area (Å²) in [6.07, 6.45) is 0.